The molecule has 138 valence electrons. The summed E-state index contributed by atoms with van der Waals surface area (Å²) in [7, 11) is 1.62. The van der Waals surface area contributed by atoms with Crippen molar-refractivity contribution >= 4 is 21.8 Å². The Morgan fingerprint density at radius 1 is 1.23 bits per heavy atom. The lowest BCUT2D eigenvalue weighted by Crippen LogP contribution is -2.42. The smallest absolute Gasteiger partial charge is 0.258 e. The maximum Gasteiger partial charge on any atom is 0.258 e. The summed E-state index contributed by atoms with van der Waals surface area (Å²) in [6.07, 6.45) is 0.677. The minimum atomic E-state index is -0.385. The molecule has 1 amide bonds. The number of hydrogen-bond acceptors (Lipinski definition) is 4. The molecule has 1 aliphatic heterocycles. The lowest BCUT2D eigenvalue weighted by Gasteiger charge is -2.38. The lowest BCUT2D eigenvalue weighted by molar-refractivity contribution is -0.124. The Morgan fingerprint density at radius 2 is 1.92 bits per heavy atom. The first kappa shape index (κ1) is 18.6. The van der Waals surface area contributed by atoms with Gasteiger partial charge in [0.05, 0.1) is 13.2 Å². The predicted molar refractivity (Wildman–Crippen MR) is 103 cm³/mol. The van der Waals surface area contributed by atoms with Crippen molar-refractivity contribution in [1.82, 2.24) is 5.32 Å². The van der Waals surface area contributed by atoms with Crippen molar-refractivity contribution in [3.63, 3.8) is 0 Å². The van der Waals surface area contributed by atoms with Gasteiger partial charge < -0.3 is 19.5 Å². The molecule has 0 spiro atoms. The van der Waals surface area contributed by atoms with E-state index in [9.17, 15) is 4.79 Å². The van der Waals surface area contributed by atoms with E-state index in [0.717, 1.165) is 21.5 Å². The van der Waals surface area contributed by atoms with Crippen LogP contribution < -0.4 is 19.5 Å². The summed E-state index contributed by atoms with van der Waals surface area (Å²) in [4.78, 5) is 12.4. The van der Waals surface area contributed by atoms with Gasteiger partial charge in [0.15, 0.2) is 6.61 Å². The Labute approximate surface area is 161 Å². The number of carbonyl (C=O) groups excluding carboxylic acids is 1. The Morgan fingerprint density at radius 3 is 2.62 bits per heavy atom. The van der Waals surface area contributed by atoms with Crippen LogP contribution in [0.3, 0.4) is 0 Å². The van der Waals surface area contributed by atoms with Crippen molar-refractivity contribution in [3.8, 4) is 17.2 Å². The number of amides is 1. The molecule has 5 nitrogen and oxygen atoms in total. The van der Waals surface area contributed by atoms with Gasteiger partial charge in [0.2, 0.25) is 0 Å². The highest BCUT2D eigenvalue weighted by Gasteiger charge is 2.34. The van der Waals surface area contributed by atoms with Crippen LogP contribution in [0, 0.1) is 0 Å². The molecule has 2 aromatic rings. The number of benzene rings is 2. The van der Waals surface area contributed by atoms with Gasteiger partial charge in [-0.15, -0.1) is 0 Å². The number of rotatable bonds is 5. The summed E-state index contributed by atoms with van der Waals surface area (Å²) in [5.41, 5.74) is 0.561. The molecule has 0 bridgehead atoms. The van der Waals surface area contributed by atoms with Gasteiger partial charge in [0, 0.05) is 22.5 Å². The maximum absolute atomic E-state index is 12.4. The van der Waals surface area contributed by atoms with Crippen LogP contribution in [-0.2, 0) is 4.79 Å². The average Bonchev–Trinajstić information content (AvgIpc) is 2.59. The van der Waals surface area contributed by atoms with Gasteiger partial charge in [0.25, 0.3) is 5.91 Å². The largest absolute Gasteiger partial charge is 0.497 e. The molecule has 1 atom stereocenters. The Kier molecular flexibility index (Phi) is 5.41. The molecular weight excluding hydrogens is 398 g/mol. The highest BCUT2D eigenvalue weighted by Crippen LogP contribution is 2.41. The van der Waals surface area contributed by atoms with Crippen LogP contribution >= 0.6 is 15.9 Å². The second-order valence-corrected chi connectivity index (χ2v) is 7.75. The van der Waals surface area contributed by atoms with Crippen LogP contribution in [0.5, 0.6) is 17.2 Å². The summed E-state index contributed by atoms with van der Waals surface area (Å²) >= 11 is 3.37. The van der Waals surface area contributed by atoms with Crippen LogP contribution in [0.1, 0.15) is 31.9 Å². The maximum atomic E-state index is 12.4. The molecule has 26 heavy (non-hydrogen) atoms. The first-order valence-electron chi connectivity index (χ1n) is 8.41. The van der Waals surface area contributed by atoms with E-state index < -0.39 is 0 Å². The van der Waals surface area contributed by atoms with Crippen molar-refractivity contribution in [3.05, 3.63) is 52.5 Å². The van der Waals surface area contributed by atoms with Crippen LogP contribution in [0.4, 0.5) is 0 Å². The Balaban J connectivity index is 1.68. The van der Waals surface area contributed by atoms with Crippen LogP contribution in [0.2, 0.25) is 0 Å². The summed E-state index contributed by atoms with van der Waals surface area (Å²) in [5, 5.41) is 3.06. The van der Waals surface area contributed by atoms with E-state index in [1.165, 1.54) is 0 Å². The van der Waals surface area contributed by atoms with Gasteiger partial charge in [-0.25, -0.2) is 0 Å². The van der Waals surface area contributed by atoms with Crippen LogP contribution in [0.25, 0.3) is 0 Å². The van der Waals surface area contributed by atoms with Crippen molar-refractivity contribution in [1.29, 1.82) is 0 Å². The van der Waals surface area contributed by atoms with E-state index in [4.69, 9.17) is 14.2 Å². The number of methoxy groups -OCH3 is 1. The number of carbonyl (C=O) groups is 1. The fraction of sp³-hybridized carbons (Fsp3) is 0.350. The van der Waals surface area contributed by atoms with Crippen molar-refractivity contribution in [2.24, 2.45) is 0 Å². The van der Waals surface area contributed by atoms with E-state index in [0.29, 0.717) is 12.2 Å². The van der Waals surface area contributed by atoms with E-state index >= 15 is 0 Å². The van der Waals surface area contributed by atoms with Gasteiger partial charge in [-0.3, -0.25) is 4.79 Å². The first-order chi connectivity index (χ1) is 12.4. The zero-order chi connectivity index (χ0) is 18.7. The number of ether oxygens (including phenoxy) is 3. The van der Waals surface area contributed by atoms with Gasteiger partial charge in [0.1, 0.15) is 22.8 Å². The Hall–Kier alpha value is -2.21. The third kappa shape index (κ3) is 4.49. The molecule has 0 fully saturated rings. The molecule has 1 N–H and O–H groups in total. The molecule has 0 aromatic heterocycles. The van der Waals surface area contributed by atoms with E-state index in [-0.39, 0.29) is 24.2 Å². The zero-order valence-electron chi connectivity index (χ0n) is 15.0. The minimum absolute atomic E-state index is 0.0368. The number of fused-ring (bicyclic) bond motifs is 1. The molecular formula is C20H22BrNO4. The highest BCUT2D eigenvalue weighted by atomic mass is 79.9. The molecule has 1 heterocycles. The normalized spacial score (nSPS) is 17.6. The quantitative estimate of drug-likeness (QED) is 0.786. The SMILES string of the molecule is COc1ccc2c(c1)OC(C)(C)CC2NC(=O)COc1ccc(Br)cc1. The number of hydrogen-bond donors (Lipinski definition) is 1. The van der Waals surface area contributed by atoms with Crippen molar-refractivity contribution in [2.45, 2.75) is 31.9 Å². The predicted octanol–water partition coefficient (Wildman–Crippen LogP) is 4.26. The van der Waals surface area contributed by atoms with E-state index in [1.54, 1.807) is 7.11 Å². The molecule has 1 aliphatic rings. The summed E-state index contributed by atoms with van der Waals surface area (Å²) in [5.74, 6) is 1.95. The number of halogens is 1. The highest BCUT2D eigenvalue weighted by molar-refractivity contribution is 9.10. The lowest BCUT2D eigenvalue weighted by atomic mass is 9.89. The first-order valence-corrected chi connectivity index (χ1v) is 9.20. The number of nitrogens with one attached hydrogen (secondary N) is 1. The monoisotopic (exact) mass is 419 g/mol. The fourth-order valence-corrected chi connectivity index (χ4v) is 3.27. The molecule has 2 aromatic carbocycles. The van der Waals surface area contributed by atoms with Gasteiger partial charge in [-0.2, -0.15) is 0 Å². The molecule has 0 radical (unpaired) electrons. The van der Waals surface area contributed by atoms with Crippen molar-refractivity contribution in [2.75, 3.05) is 13.7 Å². The van der Waals surface area contributed by atoms with Gasteiger partial charge >= 0.3 is 0 Å². The molecule has 6 heteroatoms. The van der Waals surface area contributed by atoms with E-state index in [2.05, 4.69) is 21.2 Å². The van der Waals surface area contributed by atoms with Crippen LogP contribution in [-0.4, -0.2) is 25.2 Å². The second-order valence-electron chi connectivity index (χ2n) is 6.83. The molecule has 0 aliphatic carbocycles. The Bertz CT molecular complexity index is 789. The summed E-state index contributed by atoms with van der Waals surface area (Å²) in [6, 6.07) is 12.9. The molecule has 1 unspecified atom stereocenters. The third-order valence-electron chi connectivity index (χ3n) is 4.20. The van der Waals surface area contributed by atoms with Crippen molar-refractivity contribution < 1.29 is 19.0 Å². The fourth-order valence-electron chi connectivity index (χ4n) is 3.00. The summed E-state index contributed by atoms with van der Waals surface area (Å²) in [6.45, 7) is 3.98. The molecule has 0 saturated heterocycles. The molecule has 3 rings (SSSR count). The minimum Gasteiger partial charge on any atom is -0.497 e. The van der Waals surface area contributed by atoms with Gasteiger partial charge in [-0.1, -0.05) is 15.9 Å². The van der Waals surface area contributed by atoms with E-state index in [1.807, 2.05) is 56.3 Å². The topological polar surface area (TPSA) is 56.8 Å². The standard InChI is InChI=1S/C20H22BrNO4/c1-20(2)11-17(16-9-8-15(24-3)10-18(16)26-20)22-19(23)12-25-14-6-4-13(21)5-7-14/h4-10,17H,11-12H2,1-3H3,(H,22,23). The summed E-state index contributed by atoms with van der Waals surface area (Å²) < 4.78 is 17.8. The second kappa shape index (κ2) is 7.58. The zero-order valence-corrected chi connectivity index (χ0v) is 16.6. The third-order valence-corrected chi connectivity index (χ3v) is 4.73. The van der Waals surface area contributed by atoms with Crippen LogP contribution in [0.15, 0.2) is 46.9 Å². The molecule has 0 saturated carbocycles. The van der Waals surface area contributed by atoms with Gasteiger partial charge in [-0.05, 0) is 50.2 Å². The average molecular weight is 420 g/mol.